The molecule has 0 aliphatic carbocycles. The third kappa shape index (κ3) is 1.87. The van der Waals surface area contributed by atoms with Crippen LogP contribution in [0.2, 0.25) is 0 Å². The maximum Gasteiger partial charge on any atom is 0.123 e. The minimum Gasteiger partial charge on any atom is -0.385 e. The Labute approximate surface area is 101 Å². The summed E-state index contributed by atoms with van der Waals surface area (Å²) in [5.41, 5.74) is 0.987. The molecule has 1 aromatic rings. The average Bonchev–Trinajstić information content (AvgIpc) is 2.58. The van der Waals surface area contributed by atoms with Gasteiger partial charge in [-0.05, 0) is 55.9 Å². The zero-order valence-electron chi connectivity index (χ0n) is 10.0. The van der Waals surface area contributed by atoms with Gasteiger partial charge >= 0.3 is 0 Å². The number of nitrogens with one attached hydrogen (secondary N) is 1. The Balaban J connectivity index is 1.97. The highest BCUT2D eigenvalue weighted by Crippen LogP contribution is 2.41. The summed E-state index contributed by atoms with van der Waals surface area (Å²) in [5.74, 6) is -0.230. The van der Waals surface area contributed by atoms with Gasteiger partial charge in [0.05, 0.1) is 5.60 Å². The second-order valence-electron chi connectivity index (χ2n) is 5.54. The van der Waals surface area contributed by atoms with Gasteiger partial charge in [-0.25, -0.2) is 4.39 Å². The molecule has 2 nitrogen and oxygen atoms in total. The number of halogens is 1. The van der Waals surface area contributed by atoms with Crippen LogP contribution in [0.15, 0.2) is 18.2 Å². The molecule has 0 spiro atoms. The van der Waals surface area contributed by atoms with Crippen LogP contribution in [0.25, 0.3) is 0 Å². The second-order valence-corrected chi connectivity index (χ2v) is 5.54. The first-order valence-corrected chi connectivity index (χ1v) is 6.32. The van der Waals surface area contributed by atoms with Crippen LogP contribution in [0.5, 0.6) is 0 Å². The highest BCUT2D eigenvalue weighted by molar-refractivity contribution is 5.33. The zero-order valence-corrected chi connectivity index (χ0v) is 10.0. The molecule has 2 heterocycles. The minimum absolute atomic E-state index is 0.230. The van der Waals surface area contributed by atoms with E-state index in [-0.39, 0.29) is 5.82 Å². The molecule has 2 aliphatic rings. The monoisotopic (exact) mass is 235 g/mol. The number of hydrogen-bond donors (Lipinski definition) is 2. The normalized spacial score (nSPS) is 36.2. The highest BCUT2D eigenvalue weighted by Gasteiger charge is 2.43. The Morgan fingerprint density at radius 2 is 1.94 bits per heavy atom. The van der Waals surface area contributed by atoms with Crippen molar-refractivity contribution in [1.29, 1.82) is 0 Å². The van der Waals surface area contributed by atoms with E-state index in [1.54, 1.807) is 6.07 Å². The van der Waals surface area contributed by atoms with E-state index in [4.69, 9.17) is 0 Å². The lowest BCUT2D eigenvalue weighted by molar-refractivity contribution is -0.0120. The summed E-state index contributed by atoms with van der Waals surface area (Å²) >= 11 is 0. The molecule has 3 heteroatoms. The molecule has 2 bridgehead atoms. The smallest absolute Gasteiger partial charge is 0.123 e. The lowest BCUT2D eigenvalue weighted by Crippen LogP contribution is -2.47. The van der Waals surface area contributed by atoms with Crippen LogP contribution < -0.4 is 5.32 Å². The molecule has 0 saturated carbocycles. The van der Waals surface area contributed by atoms with Crippen LogP contribution in [0.3, 0.4) is 0 Å². The summed E-state index contributed by atoms with van der Waals surface area (Å²) < 4.78 is 13.1. The number of aryl methyl sites for hydroxylation is 1. The number of benzene rings is 1. The van der Waals surface area contributed by atoms with E-state index >= 15 is 0 Å². The van der Waals surface area contributed by atoms with Crippen molar-refractivity contribution in [2.75, 3.05) is 0 Å². The van der Waals surface area contributed by atoms with E-state index < -0.39 is 5.60 Å². The van der Waals surface area contributed by atoms with E-state index in [0.29, 0.717) is 12.1 Å². The number of hydrogen-bond acceptors (Lipinski definition) is 2. The third-order valence-electron chi connectivity index (χ3n) is 4.19. The summed E-state index contributed by atoms with van der Waals surface area (Å²) in [6.07, 6.45) is 3.78. The van der Waals surface area contributed by atoms with Gasteiger partial charge < -0.3 is 10.4 Å². The minimum atomic E-state index is -0.769. The van der Waals surface area contributed by atoms with Crippen molar-refractivity contribution in [2.24, 2.45) is 0 Å². The first-order valence-electron chi connectivity index (χ1n) is 6.32. The molecule has 2 N–H and O–H groups in total. The van der Waals surface area contributed by atoms with Gasteiger partial charge in [0, 0.05) is 12.1 Å². The topological polar surface area (TPSA) is 32.3 Å². The van der Waals surface area contributed by atoms with E-state index in [2.05, 4.69) is 5.32 Å². The molecular formula is C14H18FNO. The van der Waals surface area contributed by atoms with E-state index in [0.717, 1.165) is 36.8 Å². The molecule has 2 fully saturated rings. The fourth-order valence-corrected chi connectivity index (χ4v) is 3.49. The predicted octanol–water partition coefficient (Wildman–Crippen LogP) is 2.24. The Morgan fingerprint density at radius 1 is 1.29 bits per heavy atom. The van der Waals surface area contributed by atoms with Gasteiger partial charge in [0.15, 0.2) is 0 Å². The summed E-state index contributed by atoms with van der Waals surface area (Å²) in [4.78, 5) is 0. The first kappa shape index (κ1) is 11.2. The van der Waals surface area contributed by atoms with Gasteiger partial charge in [-0.15, -0.1) is 0 Å². The van der Waals surface area contributed by atoms with Gasteiger partial charge in [-0.2, -0.15) is 0 Å². The quantitative estimate of drug-likeness (QED) is 0.782. The summed E-state index contributed by atoms with van der Waals surface area (Å²) in [6.45, 7) is 1.88. The van der Waals surface area contributed by atoms with Crippen molar-refractivity contribution in [3.63, 3.8) is 0 Å². The van der Waals surface area contributed by atoms with E-state index in [1.165, 1.54) is 12.1 Å². The molecule has 92 valence electrons. The standard InChI is InChI=1S/C14H18FNO/c1-9-6-10(15)2-5-13(9)14(17)7-11-3-4-12(8-14)16-11/h2,5-6,11-12,16-17H,3-4,7-8H2,1H3. The average molecular weight is 235 g/mol. The van der Waals surface area contributed by atoms with Crippen LogP contribution in [-0.2, 0) is 5.60 Å². The molecular weight excluding hydrogens is 217 g/mol. The lowest BCUT2D eigenvalue weighted by Gasteiger charge is -2.38. The van der Waals surface area contributed by atoms with Crippen LogP contribution in [0.4, 0.5) is 4.39 Å². The molecule has 0 radical (unpaired) electrons. The molecule has 2 saturated heterocycles. The van der Waals surface area contributed by atoms with Crippen molar-refractivity contribution in [2.45, 2.75) is 50.3 Å². The van der Waals surface area contributed by atoms with Crippen molar-refractivity contribution in [3.8, 4) is 0 Å². The lowest BCUT2D eigenvalue weighted by atomic mass is 9.80. The number of fused-ring (bicyclic) bond motifs is 2. The number of piperidine rings is 1. The largest absolute Gasteiger partial charge is 0.385 e. The van der Waals surface area contributed by atoms with Crippen LogP contribution in [0, 0.1) is 12.7 Å². The Bertz CT molecular complexity index is 434. The summed E-state index contributed by atoms with van der Waals surface area (Å²) in [5, 5.41) is 14.3. The fourth-order valence-electron chi connectivity index (χ4n) is 3.49. The SMILES string of the molecule is Cc1cc(F)ccc1C1(O)CC2CCC(C1)N2. The van der Waals surface area contributed by atoms with Gasteiger partial charge in [0.25, 0.3) is 0 Å². The maximum absolute atomic E-state index is 13.1. The van der Waals surface area contributed by atoms with Crippen LogP contribution in [0.1, 0.15) is 36.8 Å². The molecule has 17 heavy (non-hydrogen) atoms. The summed E-state index contributed by atoms with van der Waals surface area (Å²) in [7, 11) is 0. The molecule has 1 aromatic carbocycles. The molecule has 0 amide bonds. The van der Waals surface area contributed by atoms with Crippen molar-refractivity contribution < 1.29 is 9.50 Å². The zero-order chi connectivity index (χ0) is 12.0. The highest BCUT2D eigenvalue weighted by atomic mass is 19.1. The van der Waals surface area contributed by atoms with E-state index in [9.17, 15) is 9.50 Å². The van der Waals surface area contributed by atoms with E-state index in [1.807, 2.05) is 6.92 Å². The number of aliphatic hydroxyl groups is 1. The van der Waals surface area contributed by atoms with Crippen molar-refractivity contribution in [3.05, 3.63) is 35.1 Å². The number of rotatable bonds is 1. The van der Waals surface area contributed by atoms with Gasteiger partial charge in [-0.3, -0.25) is 0 Å². The first-order chi connectivity index (χ1) is 8.07. The Hall–Kier alpha value is -0.930. The van der Waals surface area contributed by atoms with Crippen molar-refractivity contribution in [1.82, 2.24) is 5.32 Å². The van der Waals surface area contributed by atoms with Crippen molar-refractivity contribution >= 4 is 0 Å². The van der Waals surface area contributed by atoms with Crippen LogP contribution in [-0.4, -0.2) is 17.2 Å². The Morgan fingerprint density at radius 3 is 2.53 bits per heavy atom. The third-order valence-corrected chi connectivity index (χ3v) is 4.19. The van der Waals surface area contributed by atoms with Gasteiger partial charge in [-0.1, -0.05) is 6.07 Å². The second kappa shape index (κ2) is 3.79. The van der Waals surface area contributed by atoms with Crippen LogP contribution >= 0.6 is 0 Å². The maximum atomic E-state index is 13.1. The molecule has 2 atom stereocenters. The molecule has 0 aromatic heterocycles. The molecule has 2 aliphatic heterocycles. The summed E-state index contributed by atoms with van der Waals surface area (Å²) in [6, 6.07) is 5.54. The Kier molecular flexibility index (Phi) is 2.49. The molecule has 2 unspecified atom stereocenters. The molecule has 3 rings (SSSR count). The fraction of sp³-hybridized carbons (Fsp3) is 0.571. The predicted molar refractivity (Wildman–Crippen MR) is 64.2 cm³/mol. The van der Waals surface area contributed by atoms with Gasteiger partial charge in [0.2, 0.25) is 0 Å². The van der Waals surface area contributed by atoms with Gasteiger partial charge in [0.1, 0.15) is 5.82 Å².